The summed E-state index contributed by atoms with van der Waals surface area (Å²) in [6.45, 7) is 1.40. The minimum atomic E-state index is -3.80. The zero-order valence-electron chi connectivity index (χ0n) is 10.8. The van der Waals surface area contributed by atoms with Crippen LogP contribution in [-0.2, 0) is 14.8 Å². The third-order valence-corrected chi connectivity index (χ3v) is 5.79. The van der Waals surface area contributed by atoms with Gasteiger partial charge in [-0.15, -0.1) is 0 Å². The number of benzene rings is 1. The van der Waals surface area contributed by atoms with Gasteiger partial charge >= 0.3 is 5.97 Å². The van der Waals surface area contributed by atoms with Crippen molar-refractivity contribution >= 4 is 43.5 Å². The Morgan fingerprint density at radius 3 is 2.81 bits per heavy atom. The summed E-state index contributed by atoms with van der Waals surface area (Å²) >= 11 is 8.90. The van der Waals surface area contributed by atoms with E-state index in [4.69, 9.17) is 21.4 Å². The standard InChI is InChI=1S/C12H13BrClNO5S/c13-10-4-8(3-9(11(10)14)12(16)17)21(18,19)15-5-7-1-2-20-6-7/h3-4,7,15H,1-2,5-6H2,(H,16,17). The number of hydrogen-bond donors (Lipinski definition) is 2. The van der Waals surface area contributed by atoms with Crippen molar-refractivity contribution in [2.45, 2.75) is 11.3 Å². The number of nitrogens with one attached hydrogen (secondary N) is 1. The highest BCUT2D eigenvalue weighted by molar-refractivity contribution is 9.10. The van der Waals surface area contributed by atoms with Crippen LogP contribution in [0.2, 0.25) is 5.02 Å². The fourth-order valence-corrected chi connectivity index (χ4v) is 3.90. The van der Waals surface area contributed by atoms with Crippen molar-refractivity contribution in [3.8, 4) is 0 Å². The van der Waals surface area contributed by atoms with Crippen molar-refractivity contribution in [2.24, 2.45) is 5.92 Å². The van der Waals surface area contributed by atoms with Gasteiger partial charge in [0.25, 0.3) is 0 Å². The average Bonchev–Trinajstić information content (AvgIpc) is 2.92. The van der Waals surface area contributed by atoms with E-state index in [1.54, 1.807) is 0 Å². The van der Waals surface area contributed by atoms with Gasteiger partial charge in [-0.05, 0) is 40.4 Å². The molecular formula is C12H13BrClNO5S. The molecule has 2 N–H and O–H groups in total. The molecular weight excluding hydrogens is 386 g/mol. The highest BCUT2D eigenvalue weighted by Crippen LogP contribution is 2.30. The van der Waals surface area contributed by atoms with Crippen LogP contribution >= 0.6 is 27.5 Å². The van der Waals surface area contributed by atoms with Gasteiger partial charge in [0, 0.05) is 17.6 Å². The van der Waals surface area contributed by atoms with Crippen molar-refractivity contribution in [1.82, 2.24) is 4.72 Å². The molecule has 1 unspecified atom stereocenters. The molecule has 0 spiro atoms. The van der Waals surface area contributed by atoms with Crippen LogP contribution in [0.1, 0.15) is 16.8 Å². The number of sulfonamides is 1. The maximum atomic E-state index is 12.2. The van der Waals surface area contributed by atoms with E-state index in [0.717, 1.165) is 12.5 Å². The van der Waals surface area contributed by atoms with E-state index in [1.807, 2.05) is 0 Å². The summed E-state index contributed by atoms with van der Waals surface area (Å²) in [5.41, 5.74) is -0.268. The Balaban J connectivity index is 2.24. The molecule has 0 aliphatic carbocycles. The largest absolute Gasteiger partial charge is 0.478 e. The second kappa shape index (κ2) is 6.62. The number of carbonyl (C=O) groups is 1. The maximum absolute atomic E-state index is 12.2. The fourth-order valence-electron chi connectivity index (χ4n) is 1.93. The second-order valence-electron chi connectivity index (χ2n) is 4.65. The lowest BCUT2D eigenvalue weighted by atomic mass is 10.1. The Kier molecular flexibility index (Phi) is 5.26. The maximum Gasteiger partial charge on any atom is 0.337 e. The molecule has 0 aromatic heterocycles. The molecule has 0 saturated carbocycles. The Morgan fingerprint density at radius 2 is 2.24 bits per heavy atom. The summed E-state index contributed by atoms with van der Waals surface area (Å²) in [5.74, 6) is -1.16. The molecule has 0 amide bonds. The Bertz CT molecular complexity index is 658. The predicted molar refractivity (Wildman–Crippen MR) is 80.2 cm³/mol. The van der Waals surface area contributed by atoms with Crippen LogP contribution in [0.15, 0.2) is 21.5 Å². The van der Waals surface area contributed by atoms with Crippen LogP contribution in [-0.4, -0.2) is 39.3 Å². The Morgan fingerprint density at radius 1 is 1.52 bits per heavy atom. The first-order valence-corrected chi connectivity index (χ1v) is 8.76. The van der Waals surface area contributed by atoms with Crippen LogP contribution in [0.25, 0.3) is 0 Å². The van der Waals surface area contributed by atoms with E-state index in [0.29, 0.717) is 13.2 Å². The number of hydrogen-bond acceptors (Lipinski definition) is 4. The summed E-state index contributed by atoms with van der Waals surface area (Å²) in [7, 11) is -3.80. The molecule has 1 heterocycles. The van der Waals surface area contributed by atoms with Crippen LogP contribution in [0.5, 0.6) is 0 Å². The lowest BCUT2D eigenvalue weighted by Crippen LogP contribution is -2.29. The fraction of sp³-hybridized carbons (Fsp3) is 0.417. The predicted octanol–water partition coefficient (Wildman–Crippen LogP) is 2.12. The normalized spacial score (nSPS) is 18.9. The quantitative estimate of drug-likeness (QED) is 0.792. The molecule has 1 atom stereocenters. The van der Waals surface area contributed by atoms with Crippen LogP contribution < -0.4 is 4.72 Å². The molecule has 21 heavy (non-hydrogen) atoms. The summed E-state index contributed by atoms with van der Waals surface area (Å²) < 4.78 is 32.3. The molecule has 0 radical (unpaired) electrons. The van der Waals surface area contributed by atoms with E-state index < -0.39 is 16.0 Å². The van der Waals surface area contributed by atoms with Gasteiger partial charge < -0.3 is 9.84 Å². The molecule has 6 nitrogen and oxygen atoms in total. The topological polar surface area (TPSA) is 92.7 Å². The van der Waals surface area contributed by atoms with Gasteiger partial charge in [0.1, 0.15) is 0 Å². The van der Waals surface area contributed by atoms with Crippen molar-refractivity contribution in [2.75, 3.05) is 19.8 Å². The molecule has 1 fully saturated rings. The third-order valence-electron chi connectivity index (χ3n) is 3.13. The van der Waals surface area contributed by atoms with Crippen LogP contribution in [0.3, 0.4) is 0 Å². The lowest BCUT2D eigenvalue weighted by molar-refractivity contribution is 0.0696. The van der Waals surface area contributed by atoms with E-state index in [-0.39, 0.29) is 32.4 Å². The van der Waals surface area contributed by atoms with E-state index in [9.17, 15) is 13.2 Å². The summed E-state index contributed by atoms with van der Waals surface area (Å²) in [4.78, 5) is 10.9. The van der Waals surface area contributed by atoms with Gasteiger partial charge in [-0.2, -0.15) is 0 Å². The number of carboxylic acids is 1. The third kappa shape index (κ3) is 3.95. The zero-order valence-corrected chi connectivity index (χ0v) is 14.0. The van der Waals surface area contributed by atoms with Gasteiger partial charge in [0.05, 0.1) is 22.1 Å². The zero-order chi connectivity index (χ0) is 15.6. The molecule has 1 saturated heterocycles. The van der Waals surface area contributed by atoms with Gasteiger partial charge in [0.2, 0.25) is 10.0 Å². The number of ether oxygens (including phenoxy) is 1. The minimum absolute atomic E-state index is 0.0364. The lowest BCUT2D eigenvalue weighted by Gasteiger charge is -2.12. The van der Waals surface area contributed by atoms with Gasteiger partial charge in [-0.3, -0.25) is 0 Å². The molecule has 0 bridgehead atoms. The second-order valence-corrected chi connectivity index (χ2v) is 7.65. The van der Waals surface area contributed by atoms with Crippen molar-refractivity contribution < 1.29 is 23.1 Å². The molecule has 1 aliphatic rings. The molecule has 1 aromatic rings. The summed E-state index contributed by atoms with van der Waals surface area (Å²) in [6, 6.07) is 2.32. The van der Waals surface area contributed by atoms with Crippen molar-refractivity contribution in [3.05, 3.63) is 27.2 Å². The van der Waals surface area contributed by atoms with E-state index >= 15 is 0 Å². The molecule has 1 aliphatic heterocycles. The van der Waals surface area contributed by atoms with Gasteiger partial charge in [0.15, 0.2) is 0 Å². The SMILES string of the molecule is O=C(O)c1cc(S(=O)(=O)NCC2CCOC2)cc(Br)c1Cl. The van der Waals surface area contributed by atoms with E-state index in [2.05, 4.69) is 20.7 Å². The number of carboxylic acid groups (broad SMARTS) is 1. The molecule has 1 aromatic carbocycles. The number of halogens is 2. The van der Waals surface area contributed by atoms with Crippen LogP contribution in [0, 0.1) is 5.92 Å². The highest BCUT2D eigenvalue weighted by Gasteiger charge is 2.23. The summed E-state index contributed by atoms with van der Waals surface area (Å²) in [5, 5.41) is 9.01. The molecule has 2 rings (SSSR count). The molecule has 9 heteroatoms. The monoisotopic (exact) mass is 397 g/mol. The van der Waals surface area contributed by atoms with Crippen molar-refractivity contribution in [3.63, 3.8) is 0 Å². The first-order valence-electron chi connectivity index (χ1n) is 6.11. The Labute approximate surface area is 135 Å². The van der Waals surface area contributed by atoms with Gasteiger partial charge in [-0.1, -0.05) is 11.6 Å². The molecule has 116 valence electrons. The first kappa shape index (κ1) is 16.7. The van der Waals surface area contributed by atoms with Crippen LogP contribution in [0.4, 0.5) is 0 Å². The highest BCUT2D eigenvalue weighted by atomic mass is 79.9. The Hall–Kier alpha value is -0.670. The smallest absolute Gasteiger partial charge is 0.337 e. The van der Waals surface area contributed by atoms with Gasteiger partial charge in [-0.25, -0.2) is 17.9 Å². The number of aromatic carboxylic acids is 1. The van der Waals surface area contributed by atoms with E-state index in [1.165, 1.54) is 6.07 Å². The summed E-state index contributed by atoms with van der Waals surface area (Å²) in [6.07, 6.45) is 0.799. The minimum Gasteiger partial charge on any atom is -0.478 e. The first-order chi connectivity index (χ1) is 9.81. The average molecular weight is 399 g/mol. The van der Waals surface area contributed by atoms with Crippen molar-refractivity contribution in [1.29, 1.82) is 0 Å². The number of rotatable bonds is 5.